The summed E-state index contributed by atoms with van der Waals surface area (Å²) < 4.78 is 71.1. The molecule has 0 saturated heterocycles. The molecule has 21 nitrogen and oxygen atoms in total. The van der Waals surface area contributed by atoms with Crippen LogP contribution in [0.3, 0.4) is 0 Å². The molecule has 0 aromatic carbocycles. The molecule has 0 N–H and O–H groups in total. The monoisotopic (exact) mass is 1520 g/mol. The topological polar surface area (TPSA) is 223 Å². The molecule has 0 bridgehead atoms. The lowest BCUT2D eigenvalue weighted by Gasteiger charge is -2.34. The van der Waals surface area contributed by atoms with E-state index in [1.54, 1.807) is 82.4 Å². The van der Waals surface area contributed by atoms with Gasteiger partial charge in [-0.1, -0.05) is 177 Å². The number of amides is 3. The summed E-state index contributed by atoms with van der Waals surface area (Å²) in [6.45, 7) is 53.4. The lowest BCUT2D eigenvalue weighted by atomic mass is 9.84. The third-order valence-electron chi connectivity index (χ3n) is 20.6. The standard InChI is InChI=1S/C30H55NO6.C29H53NO6.C27H51NO6/c1-13-24(8)36-27(20(2)3)18-28(34-11)22(6)14-15-26(37-30(33)21(4)5)25(9)29(35-12)23(7)16-17-31(10)19-32;1-12-23(7)35-25(13-2)18-27(33-10)21(5)14-15-26(36-29(32)20(3)4)24(8)28(34-11)22(6)16-17-30(9)19-31;1-11-16-33-22(6)17-25(31-9)20(4)12-13-24(34-27(30)19(2)3)23(7)26(32-10)21(5)14-15-28(8)18-29/h16-17,19-23,25-29H,8,13-15,18H2,1-7,9-12H3;16-17,19-22,24-28H,7,12-15,18H2,1-6,8-11H3;14-15,18-26H,11-13,16-17H2,1-10H3/b2*17-16+;15-14+/t22-,23+,25-,26+,27-,28-,29+;21-,22+,24-,25+,26+,27-,28+;20-,21+,22+,23-,24+,25-,26+/m000/s1. The van der Waals surface area contributed by atoms with Gasteiger partial charge in [-0.15, -0.1) is 0 Å². The average molecular weight is 1520 g/mol. The number of esters is 3. The normalized spacial score (nSPS) is 17.8. The summed E-state index contributed by atoms with van der Waals surface area (Å²) in [5.41, 5.74) is 0. The van der Waals surface area contributed by atoms with Gasteiger partial charge in [0.2, 0.25) is 19.2 Å². The van der Waals surface area contributed by atoms with Crippen molar-refractivity contribution in [3.63, 3.8) is 0 Å². The van der Waals surface area contributed by atoms with Crippen molar-refractivity contribution in [1.82, 2.24) is 14.7 Å². The van der Waals surface area contributed by atoms with Crippen molar-refractivity contribution < 1.29 is 85.6 Å². The van der Waals surface area contributed by atoms with E-state index in [-0.39, 0.29) is 162 Å². The molecule has 0 aliphatic carbocycles. The summed E-state index contributed by atoms with van der Waals surface area (Å²) in [7, 11) is 15.3. The number of allylic oxidation sites excluding steroid dienone is 2. The second kappa shape index (κ2) is 60.6. The summed E-state index contributed by atoms with van der Waals surface area (Å²) in [5, 5.41) is 0. The number of carbonyl (C=O) groups is 6. The molecule has 0 radical (unpaired) electrons. The van der Waals surface area contributed by atoms with Crippen molar-refractivity contribution >= 4 is 37.1 Å². The van der Waals surface area contributed by atoms with Gasteiger partial charge in [0.05, 0.1) is 72.0 Å². The maximum Gasteiger partial charge on any atom is 0.308 e. The van der Waals surface area contributed by atoms with E-state index < -0.39 is 0 Å². The van der Waals surface area contributed by atoms with Crippen LogP contribution in [0.1, 0.15) is 236 Å². The fourth-order valence-electron chi connectivity index (χ4n) is 12.8. The summed E-state index contributed by atoms with van der Waals surface area (Å²) in [5.74, 6) is 1.38. The largest absolute Gasteiger partial charge is 0.495 e. The molecule has 21 heteroatoms. The smallest absolute Gasteiger partial charge is 0.308 e. The number of nitrogens with zero attached hydrogens (tertiary/aromatic N) is 3. The zero-order chi connectivity index (χ0) is 82.8. The maximum atomic E-state index is 12.6. The molecule has 0 spiro atoms. The summed E-state index contributed by atoms with van der Waals surface area (Å²) in [4.78, 5) is 74.8. The Hall–Kier alpha value is -5.16. The Balaban J connectivity index is -0.00000152. The van der Waals surface area contributed by atoms with Crippen molar-refractivity contribution in [1.29, 1.82) is 0 Å². The van der Waals surface area contributed by atoms with Crippen molar-refractivity contribution in [3.8, 4) is 0 Å². The van der Waals surface area contributed by atoms with Gasteiger partial charge in [-0.25, -0.2) is 0 Å². The van der Waals surface area contributed by atoms with Crippen LogP contribution in [0.4, 0.5) is 0 Å². The molecule has 0 rings (SSSR count). The molecule has 3 amide bonds. The van der Waals surface area contributed by atoms with Gasteiger partial charge < -0.3 is 71.5 Å². The SMILES string of the molecule is C=C(CC)O[C@@H](C[C@H](OC)[C@@H](C)CC[C@@H](OC(=O)C(C)C)[C@H](C)[C@H](OC)[C@H](C)/C=C/N(C)C=O)C(C)C.C=C(CC)O[C@H](CC)C[C@H](OC)[C@@H](C)CC[C@@H](OC(=O)C(C)C)[C@H](C)[C@H](OC)[C@H](C)/C=C/N(C)C=O.CCCO[C@H](C)C[C@H](OC)[C@@H](C)CC[C@@H](OC(=O)C(C)C)[C@H](C)[C@H](OC)[C@H](C)/C=C/N(C)C=O. The molecule has 0 heterocycles. The molecule has 0 aliphatic heterocycles. The van der Waals surface area contributed by atoms with E-state index >= 15 is 0 Å². The van der Waals surface area contributed by atoms with E-state index in [9.17, 15) is 28.8 Å². The maximum absolute atomic E-state index is 12.6. The van der Waals surface area contributed by atoms with E-state index in [1.165, 1.54) is 14.7 Å². The zero-order valence-electron chi connectivity index (χ0n) is 73.1. The number of methoxy groups -OCH3 is 6. The quantitative estimate of drug-likeness (QED) is 0.0239. The Kier molecular flexibility index (Phi) is 60.0. The van der Waals surface area contributed by atoms with Gasteiger partial charge in [0.15, 0.2) is 0 Å². The second-order valence-electron chi connectivity index (χ2n) is 31.2. The fourth-order valence-corrected chi connectivity index (χ4v) is 12.8. The Morgan fingerprint density at radius 3 is 0.925 bits per heavy atom. The Morgan fingerprint density at radius 2 is 0.673 bits per heavy atom. The summed E-state index contributed by atoms with van der Waals surface area (Å²) in [6, 6.07) is 0. The fraction of sp³-hybridized carbons (Fsp3) is 0.814. The third kappa shape index (κ3) is 44.5. The molecule has 21 atom stereocenters. The van der Waals surface area contributed by atoms with Gasteiger partial charge in [-0.05, 0) is 88.4 Å². The van der Waals surface area contributed by atoms with Gasteiger partial charge >= 0.3 is 17.9 Å². The average Bonchev–Trinajstić information content (AvgIpc) is 0.863. The Morgan fingerprint density at radius 1 is 0.374 bits per heavy atom. The van der Waals surface area contributed by atoms with Crippen LogP contribution in [0.2, 0.25) is 0 Å². The first-order valence-electron chi connectivity index (χ1n) is 39.9. The minimum Gasteiger partial charge on any atom is -0.495 e. The van der Waals surface area contributed by atoms with Gasteiger partial charge in [0.25, 0.3) is 0 Å². The molecule has 0 aromatic rings. The van der Waals surface area contributed by atoms with Gasteiger partial charge in [0.1, 0.15) is 30.5 Å². The number of ether oxygens (including phenoxy) is 12. The molecule has 0 aromatic heterocycles. The molecule has 107 heavy (non-hydrogen) atoms. The van der Waals surface area contributed by atoms with Crippen LogP contribution in [0.25, 0.3) is 0 Å². The number of hydrogen-bond donors (Lipinski definition) is 0. The first-order chi connectivity index (χ1) is 50.3. The third-order valence-corrected chi connectivity index (χ3v) is 20.6. The van der Waals surface area contributed by atoms with E-state index in [2.05, 4.69) is 89.3 Å². The molecule has 0 saturated carbocycles. The summed E-state index contributed by atoms with van der Waals surface area (Å²) >= 11 is 0. The van der Waals surface area contributed by atoms with Crippen LogP contribution in [0, 0.1) is 76.9 Å². The van der Waals surface area contributed by atoms with E-state index in [1.807, 2.05) is 94.4 Å². The molecular weight excluding hydrogens is 1360 g/mol. The highest BCUT2D eigenvalue weighted by Crippen LogP contribution is 2.34. The van der Waals surface area contributed by atoms with Crippen molar-refractivity contribution in [2.45, 2.75) is 309 Å². The highest BCUT2D eigenvalue weighted by molar-refractivity contribution is 5.72. The van der Waals surface area contributed by atoms with Crippen molar-refractivity contribution in [2.75, 3.05) is 70.4 Å². The van der Waals surface area contributed by atoms with Crippen molar-refractivity contribution in [2.24, 2.45) is 76.9 Å². The number of hydrogen-bond acceptors (Lipinski definition) is 18. The van der Waals surface area contributed by atoms with Gasteiger partial charge in [-0.2, -0.15) is 0 Å². The Bertz CT molecular complexity index is 2460. The molecular formula is C86H159N3O18. The van der Waals surface area contributed by atoms with Crippen LogP contribution >= 0.6 is 0 Å². The molecule has 0 unspecified atom stereocenters. The molecule has 0 aliphatic rings. The molecule has 626 valence electrons. The highest BCUT2D eigenvalue weighted by atomic mass is 16.6. The van der Waals surface area contributed by atoms with Crippen LogP contribution in [0.5, 0.6) is 0 Å². The second-order valence-corrected chi connectivity index (χ2v) is 31.2. The van der Waals surface area contributed by atoms with Crippen molar-refractivity contribution in [3.05, 3.63) is 61.5 Å². The predicted octanol–water partition coefficient (Wildman–Crippen LogP) is 17.3. The minimum atomic E-state index is -0.309. The first kappa shape index (κ1) is 106. The van der Waals surface area contributed by atoms with Gasteiger partial charge in [-0.3, -0.25) is 28.8 Å². The Labute approximate surface area is 652 Å². The van der Waals surface area contributed by atoms with E-state index in [0.29, 0.717) is 18.8 Å². The van der Waals surface area contributed by atoms with E-state index in [4.69, 9.17) is 56.8 Å². The van der Waals surface area contributed by atoms with E-state index in [0.717, 1.165) is 108 Å². The predicted molar refractivity (Wildman–Crippen MR) is 431 cm³/mol. The van der Waals surface area contributed by atoms with Gasteiger partial charge in [0, 0.05) is 150 Å². The van der Waals surface area contributed by atoms with Crippen LogP contribution in [0.15, 0.2) is 61.5 Å². The van der Waals surface area contributed by atoms with Crippen LogP contribution in [-0.2, 0) is 85.6 Å². The first-order valence-corrected chi connectivity index (χ1v) is 39.9. The minimum absolute atomic E-state index is 0.00719. The number of carbonyl (C=O) groups excluding carboxylic acids is 6. The van der Waals surface area contributed by atoms with Crippen LogP contribution < -0.4 is 0 Å². The summed E-state index contributed by atoms with van der Waals surface area (Å²) in [6.07, 6.45) is 22.7. The van der Waals surface area contributed by atoms with Crippen LogP contribution in [-0.4, -0.2) is 195 Å². The lowest BCUT2D eigenvalue weighted by molar-refractivity contribution is -0.160. The molecule has 0 fully saturated rings. The number of rotatable bonds is 59. The highest BCUT2D eigenvalue weighted by Gasteiger charge is 2.37. The lowest BCUT2D eigenvalue weighted by Crippen LogP contribution is -2.39. The zero-order valence-corrected chi connectivity index (χ0v) is 73.1.